The van der Waals surface area contributed by atoms with Crippen molar-refractivity contribution in [2.24, 2.45) is 0 Å². The molecule has 1 atom stereocenters. The monoisotopic (exact) mass is 295 g/mol. The minimum atomic E-state index is -2.43. The molecule has 0 saturated carbocycles. The molecule has 0 heterocycles. The van der Waals surface area contributed by atoms with Crippen LogP contribution in [0.4, 0.5) is 8.78 Å². The fraction of sp³-hybridized carbons (Fsp3) is 0.250. The second kappa shape index (κ2) is 6.82. The van der Waals surface area contributed by atoms with Crippen LogP contribution in [0, 0.1) is 0 Å². The van der Waals surface area contributed by atoms with Crippen molar-refractivity contribution in [2.75, 3.05) is 0 Å². The van der Waals surface area contributed by atoms with Gasteiger partial charge in [0.05, 0.1) is 0 Å². The van der Waals surface area contributed by atoms with Gasteiger partial charge in [-0.1, -0.05) is 41.9 Å². The van der Waals surface area contributed by atoms with E-state index in [1.165, 1.54) is 12.1 Å². The molecule has 0 unspecified atom stereocenters. The van der Waals surface area contributed by atoms with Crippen molar-refractivity contribution in [3.8, 4) is 0 Å². The maximum Gasteiger partial charge on any atom is 0.263 e. The molecule has 2 aromatic carbocycles. The minimum absolute atomic E-state index is 0.0553. The van der Waals surface area contributed by atoms with E-state index in [-0.39, 0.29) is 11.6 Å². The van der Waals surface area contributed by atoms with Crippen LogP contribution in [0.5, 0.6) is 0 Å². The summed E-state index contributed by atoms with van der Waals surface area (Å²) >= 11 is 5.95. The van der Waals surface area contributed by atoms with Crippen LogP contribution in [0.1, 0.15) is 36.1 Å². The van der Waals surface area contributed by atoms with Crippen molar-refractivity contribution in [2.45, 2.75) is 25.9 Å². The lowest BCUT2D eigenvalue weighted by Crippen LogP contribution is -2.18. The number of nitrogens with one attached hydrogen (secondary N) is 1. The van der Waals surface area contributed by atoms with Crippen molar-refractivity contribution < 1.29 is 8.78 Å². The summed E-state index contributed by atoms with van der Waals surface area (Å²) < 4.78 is 25.2. The van der Waals surface area contributed by atoms with Crippen molar-refractivity contribution in [3.63, 3.8) is 0 Å². The Morgan fingerprint density at radius 3 is 2.45 bits per heavy atom. The first kappa shape index (κ1) is 14.9. The van der Waals surface area contributed by atoms with Gasteiger partial charge >= 0.3 is 0 Å². The normalized spacial score (nSPS) is 12.7. The predicted molar refractivity (Wildman–Crippen MR) is 78.1 cm³/mol. The molecule has 0 aromatic heterocycles. The summed E-state index contributed by atoms with van der Waals surface area (Å²) in [6, 6.07) is 14.2. The van der Waals surface area contributed by atoms with Crippen LogP contribution in [-0.4, -0.2) is 0 Å². The highest BCUT2D eigenvalue weighted by atomic mass is 35.5. The van der Waals surface area contributed by atoms with Crippen LogP contribution in [0.25, 0.3) is 0 Å². The Morgan fingerprint density at radius 2 is 1.75 bits per heavy atom. The van der Waals surface area contributed by atoms with E-state index in [9.17, 15) is 8.78 Å². The zero-order valence-electron chi connectivity index (χ0n) is 11.1. The van der Waals surface area contributed by atoms with E-state index in [0.29, 0.717) is 11.6 Å². The van der Waals surface area contributed by atoms with Gasteiger partial charge in [-0.25, -0.2) is 8.78 Å². The van der Waals surface area contributed by atoms with Gasteiger partial charge in [-0.15, -0.1) is 0 Å². The van der Waals surface area contributed by atoms with E-state index in [0.717, 1.165) is 11.1 Å². The molecule has 0 spiro atoms. The lowest BCUT2D eigenvalue weighted by Gasteiger charge is -2.15. The number of hydrogen-bond donors (Lipinski definition) is 1. The smallest absolute Gasteiger partial charge is 0.263 e. The largest absolute Gasteiger partial charge is 0.306 e. The SMILES string of the molecule is C[C@H](NCc1cccc(C(F)F)c1)c1cccc(Cl)c1. The lowest BCUT2D eigenvalue weighted by atomic mass is 10.1. The third-order valence-electron chi connectivity index (χ3n) is 3.16. The van der Waals surface area contributed by atoms with Crippen molar-refractivity contribution in [1.82, 2.24) is 5.32 Å². The van der Waals surface area contributed by atoms with Crippen molar-refractivity contribution in [3.05, 3.63) is 70.2 Å². The van der Waals surface area contributed by atoms with Gasteiger partial charge in [-0.3, -0.25) is 0 Å². The highest BCUT2D eigenvalue weighted by Gasteiger charge is 2.08. The summed E-state index contributed by atoms with van der Waals surface area (Å²) in [5, 5.41) is 4.00. The highest BCUT2D eigenvalue weighted by Crippen LogP contribution is 2.21. The number of halogens is 3. The molecule has 0 saturated heterocycles. The number of hydrogen-bond acceptors (Lipinski definition) is 1. The van der Waals surface area contributed by atoms with E-state index >= 15 is 0 Å². The number of rotatable bonds is 5. The maximum absolute atomic E-state index is 12.6. The van der Waals surface area contributed by atoms with Gasteiger partial charge in [-0.05, 0) is 36.2 Å². The Hall–Kier alpha value is -1.45. The molecule has 1 N–H and O–H groups in total. The summed E-state index contributed by atoms with van der Waals surface area (Å²) in [7, 11) is 0. The Labute approximate surface area is 122 Å². The molecular weight excluding hydrogens is 280 g/mol. The third kappa shape index (κ3) is 4.02. The Bertz CT molecular complexity index is 572. The predicted octanol–water partition coefficient (Wildman–Crippen LogP) is 5.13. The van der Waals surface area contributed by atoms with Gasteiger partial charge in [0.15, 0.2) is 0 Å². The molecule has 0 aliphatic carbocycles. The van der Waals surface area contributed by atoms with Gasteiger partial charge in [-0.2, -0.15) is 0 Å². The van der Waals surface area contributed by atoms with Crippen molar-refractivity contribution in [1.29, 1.82) is 0 Å². The zero-order chi connectivity index (χ0) is 14.5. The summed E-state index contributed by atoms with van der Waals surface area (Å²) in [6.45, 7) is 2.55. The van der Waals surface area contributed by atoms with Gasteiger partial charge in [0.1, 0.15) is 0 Å². The first-order chi connectivity index (χ1) is 9.56. The summed E-state index contributed by atoms with van der Waals surface area (Å²) in [4.78, 5) is 0. The van der Waals surface area contributed by atoms with Crippen LogP contribution in [-0.2, 0) is 6.54 Å². The Morgan fingerprint density at radius 1 is 1.05 bits per heavy atom. The first-order valence-corrected chi connectivity index (χ1v) is 6.80. The quantitative estimate of drug-likeness (QED) is 0.806. The van der Waals surface area contributed by atoms with E-state index in [1.807, 2.05) is 37.3 Å². The molecular formula is C16H16ClF2N. The highest BCUT2D eigenvalue weighted by molar-refractivity contribution is 6.30. The van der Waals surface area contributed by atoms with E-state index in [1.54, 1.807) is 6.07 Å². The molecule has 0 aliphatic rings. The Kier molecular flexibility index (Phi) is 5.10. The molecule has 0 bridgehead atoms. The van der Waals surface area contributed by atoms with E-state index < -0.39 is 6.43 Å². The molecule has 0 fully saturated rings. The average molecular weight is 296 g/mol. The van der Waals surface area contributed by atoms with Crippen molar-refractivity contribution >= 4 is 11.6 Å². The molecule has 0 radical (unpaired) electrons. The molecule has 4 heteroatoms. The third-order valence-corrected chi connectivity index (χ3v) is 3.40. The molecule has 2 aromatic rings. The van der Waals surface area contributed by atoms with Crippen LogP contribution in [0.3, 0.4) is 0 Å². The average Bonchev–Trinajstić information content (AvgIpc) is 2.45. The lowest BCUT2D eigenvalue weighted by molar-refractivity contribution is 0.151. The number of alkyl halides is 2. The minimum Gasteiger partial charge on any atom is -0.306 e. The molecule has 20 heavy (non-hydrogen) atoms. The van der Waals surface area contributed by atoms with Gasteiger partial charge < -0.3 is 5.32 Å². The van der Waals surface area contributed by atoms with Crippen LogP contribution >= 0.6 is 11.6 Å². The number of benzene rings is 2. The van der Waals surface area contributed by atoms with Gasteiger partial charge in [0.2, 0.25) is 0 Å². The van der Waals surface area contributed by atoms with E-state index in [4.69, 9.17) is 11.6 Å². The van der Waals surface area contributed by atoms with E-state index in [2.05, 4.69) is 5.32 Å². The summed E-state index contributed by atoms with van der Waals surface area (Å²) in [6.07, 6.45) is -2.43. The van der Waals surface area contributed by atoms with Crippen LogP contribution in [0.15, 0.2) is 48.5 Å². The van der Waals surface area contributed by atoms with Gasteiger partial charge in [0.25, 0.3) is 6.43 Å². The summed E-state index contributed by atoms with van der Waals surface area (Å²) in [5.74, 6) is 0. The van der Waals surface area contributed by atoms with Crippen LogP contribution in [0.2, 0.25) is 5.02 Å². The fourth-order valence-electron chi connectivity index (χ4n) is 2.00. The summed E-state index contributed by atoms with van der Waals surface area (Å²) in [5.41, 5.74) is 1.97. The molecule has 0 aliphatic heterocycles. The molecule has 2 rings (SSSR count). The second-order valence-electron chi connectivity index (χ2n) is 4.70. The second-order valence-corrected chi connectivity index (χ2v) is 5.14. The zero-order valence-corrected chi connectivity index (χ0v) is 11.9. The topological polar surface area (TPSA) is 12.0 Å². The van der Waals surface area contributed by atoms with Gasteiger partial charge in [0, 0.05) is 23.2 Å². The molecule has 0 amide bonds. The molecule has 106 valence electrons. The standard InChI is InChI=1S/C16H16ClF2N/c1-11(13-5-3-7-15(17)9-13)20-10-12-4-2-6-14(8-12)16(18)19/h2-9,11,16,20H,10H2,1H3/t11-/m0/s1. The molecule has 1 nitrogen and oxygen atoms in total. The Balaban J connectivity index is 1.99. The van der Waals surface area contributed by atoms with Crippen LogP contribution < -0.4 is 5.32 Å². The fourth-order valence-corrected chi connectivity index (χ4v) is 2.20. The first-order valence-electron chi connectivity index (χ1n) is 6.42. The maximum atomic E-state index is 12.6.